The van der Waals surface area contributed by atoms with Crippen LogP contribution in [0, 0.1) is 5.41 Å². The molecule has 6 nitrogen and oxygen atoms in total. The van der Waals surface area contributed by atoms with Crippen LogP contribution >= 0.6 is 0 Å². The van der Waals surface area contributed by atoms with Crippen LogP contribution < -0.4 is 0 Å². The predicted octanol–water partition coefficient (Wildman–Crippen LogP) is 6.03. The number of halogens is 15. The summed E-state index contributed by atoms with van der Waals surface area (Å²) in [5.41, 5.74) is -11.0. The summed E-state index contributed by atoms with van der Waals surface area (Å²) >= 11 is 0. The Labute approximate surface area is 223 Å². The molecule has 0 aliphatic heterocycles. The van der Waals surface area contributed by atoms with Crippen molar-refractivity contribution >= 4 is 0 Å². The molecule has 0 aliphatic carbocycles. The minimum atomic E-state index is -7.38. The first-order valence-corrected chi connectivity index (χ1v) is 11.2. The van der Waals surface area contributed by atoms with Gasteiger partial charge in [-0.05, 0) is 0 Å². The Kier molecular flexibility index (Phi) is 15.5. The van der Waals surface area contributed by atoms with Crippen molar-refractivity contribution in [3.05, 3.63) is 0 Å². The molecule has 0 amide bonds. The van der Waals surface area contributed by atoms with Gasteiger partial charge in [0.2, 0.25) is 0 Å². The summed E-state index contributed by atoms with van der Waals surface area (Å²) < 4.78 is 224. The summed E-state index contributed by atoms with van der Waals surface area (Å²) in [6.07, 6.45) is -39.2. The van der Waals surface area contributed by atoms with Crippen LogP contribution in [-0.2, 0) is 28.4 Å². The molecule has 0 bridgehead atoms. The van der Waals surface area contributed by atoms with Gasteiger partial charge in [-0.25, -0.2) is 0 Å². The Bertz CT molecular complexity index is 664. The fourth-order valence-corrected chi connectivity index (χ4v) is 3.24. The van der Waals surface area contributed by atoms with Crippen LogP contribution in [0.3, 0.4) is 0 Å². The number of methoxy groups -OCH3 is 1. The summed E-state index contributed by atoms with van der Waals surface area (Å²) in [7, 11) is 1.45. The zero-order valence-corrected chi connectivity index (χ0v) is 21.1. The average molecular weight is 648 g/mol. The summed E-state index contributed by atoms with van der Waals surface area (Å²) in [5, 5.41) is 0. The van der Waals surface area contributed by atoms with E-state index in [1.165, 1.54) is 7.11 Å². The van der Waals surface area contributed by atoms with Gasteiger partial charge in [0, 0.05) is 12.5 Å². The molecular formula is C20H27F15O6. The average Bonchev–Trinajstić information content (AvgIpc) is 2.72. The van der Waals surface area contributed by atoms with E-state index in [2.05, 4.69) is 9.47 Å². The predicted molar refractivity (Wildman–Crippen MR) is 106 cm³/mol. The molecule has 41 heavy (non-hydrogen) atoms. The van der Waals surface area contributed by atoms with Crippen molar-refractivity contribution in [3.63, 3.8) is 0 Å². The van der Waals surface area contributed by atoms with Crippen LogP contribution in [0.25, 0.3) is 0 Å². The maximum Gasteiger partial charge on any atom is 0.435 e. The highest BCUT2D eigenvalue weighted by Crippen LogP contribution is 2.56. The maximum atomic E-state index is 13.1. The van der Waals surface area contributed by atoms with Gasteiger partial charge >= 0.3 is 36.5 Å². The highest BCUT2D eigenvalue weighted by atomic mass is 19.4. The van der Waals surface area contributed by atoms with E-state index >= 15 is 0 Å². The molecule has 0 aliphatic rings. The second-order valence-electron chi connectivity index (χ2n) is 8.43. The van der Waals surface area contributed by atoms with Gasteiger partial charge in [0.25, 0.3) is 0 Å². The monoisotopic (exact) mass is 648 g/mol. The molecule has 0 heterocycles. The maximum absolute atomic E-state index is 13.1. The van der Waals surface area contributed by atoms with Gasteiger partial charge in [-0.3, -0.25) is 0 Å². The molecule has 0 fully saturated rings. The summed E-state index contributed by atoms with van der Waals surface area (Å²) in [6, 6.07) is 0. The Hall–Kier alpha value is -1.29. The lowest BCUT2D eigenvalue weighted by Gasteiger charge is -2.42. The van der Waals surface area contributed by atoms with Crippen molar-refractivity contribution in [1.29, 1.82) is 0 Å². The lowest BCUT2D eigenvalue weighted by molar-refractivity contribution is -0.461. The van der Waals surface area contributed by atoms with Gasteiger partial charge in [-0.1, -0.05) is 0 Å². The van der Waals surface area contributed by atoms with Crippen molar-refractivity contribution in [3.8, 4) is 0 Å². The van der Waals surface area contributed by atoms with Crippen LogP contribution in [0.4, 0.5) is 65.9 Å². The fraction of sp³-hybridized carbons (Fsp3) is 1.00. The lowest BCUT2D eigenvalue weighted by Crippen LogP contribution is -2.68. The molecular weight excluding hydrogens is 621 g/mol. The van der Waals surface area contributed by atoms with E-state index in [9.17, 15) is 65.9 Å². The van der Waals surface area contributed by atoms with Crippen molar-refractivity contribution in [2.75, 3.05) is 73.2 Å². The van der Waals surface area contributed by atoms with E-state index in [0.717, 1.165) is 0 Å². The third-order valence-corrected chi connectivity index (χ3v) is 4.90. The lowest BCUT2D eigenvalue weighted by atomic mass is 9.81. The number of hydrogen-bond acceptors (Lipinski definition) is 6. The molecule has 21 heteroatoms. The quantitative estimate of drug-likeness (QED) is 0.126. The van der Waals surface area contributed by atoms with E-state index in [1.54, 1.807) is 0 Å². The van der Waals surface area contributed by atoms with Crippen molar-refractivity contribution in [2.45, 2.75) is 49.3 Å². The minimum absolute atomic E-state index is 0.0675. The van der Waals surface area contributed by atoms with E-state index in [0.29, 0.717) is 6.61 Å². The molecule has 0 atom stereocenters. The SMILES string of the molecule is COCCOCCOCCOCCOCC(COC(C(F)(F)F)(C(F)(F)F)C(F)(F)F)(CC(F)(F)F)CC(F)(F)F. The van der Waals surface area contributed by atoms with Gasteiger partial charge in [0.1, 0.15) is 0 Å². The van der Waals surface area contributed by atoms with Gasteiger partial charge in [-0.15, -0.1) is 0 Å². The molecule has 0 unspecified atom stereocenters. The van der Waals surface area contributed by atoms with Crippen molar-refractivity contribution in [1.82, 2.24) is 0 Å². The van der Waals surface area contributed by atoms with Gasteiger partial charge in [-0.2, -0.15) is 65.9 Å². The standard InChI is InChI=1S/C20H27F15O6/c1-36-2-3-37-4-5-38-6-7-39-8-9-40-12-14(10-15(21,22)23,11-16(24,25)26)13-41-17(18(27,28)29,19(30,31)32)20(33,34)35/h2-13H2,1H3. The molecule has 0 aromatic carbocycles. The molecule has 0 N–H and O–H groups in total. The topological polar surface area (TPSA) is 55.4 Å². The Morgan fingerprint density at radius 2 is 0.732 bits per heavy atom. The molecule has 0 saturated carbocycles. The second-order valence-corrected chi connectivity index (χ2v) is 8.43. The third-order valence-electron chi connectivity index (χ3n) is 4.90. The first-order chi connectivity index (χ1) is 18.4. The highest BCUT2D eigenvalue weighted by Gasteiger charge is 2.85. The van der Waals surface area contributed by atoms with E-state index < -0.39 is 81.2 Å². The van der Waals surface area contributed by atoms with Gasteiger partial charge < -0.3 is 28.4 Å². The Balaban J connectivity index is 5.55. The Morgan fingerprint density at radius 1 is 0.415 bits per heavy atom. The first kappa shape index (κ1) is 39.7. The largest absolute Gasteiger partial charge is 0.435 e. The highest BCUT2D eigenvalue weighted by molar-refractivity contribution is 5.03. The molecule has 0 rings (SSSR count). The zero-order chi connectivity index (χ0) is 32.2. The number of hydrogen-bond donors (Lipinski definition) is 0. The summed E-state index contributed by atoms with van der Waals surface area (Å²) in [4.78, 5) is 0. The smallest absolute Gasteiger partial charge is 0.382 e. The zero-order valence-electron chi connectivity index (χ0n) is 21.1. The number of rotatable bonds is 19. The van der Waals surface area contributed by atoms with Gasteiger partial charge in [0.05, 0.1) is 78.9 Å². The van der Waals surface area contributed by atoms with Gasteiger partial charge in [0.15, 0.2) is 0 Å². The van der Waals surface area contributed by atoms with Crippen LogP contribution in [0.1, 0.15) is 12.8 Å². The molecule has 0 aromatic heterocycles. The molecule has 0 aromatic rings. The van der Waals surface area contributed by atoms with Crippen LogP contribution in [0.5, 0.6) is 0 Å². The fourth-order valence-electron chi connectivity index (χ4n) is 3.24. The number of alkyl halides is 15. The molecule has 0 radical (unpaired) electrons. The Morgan fingerprint density at radius 3 is 1.02 bits per heavy atom. The minimum Gasteiger partial charge on any atom is -0.382 e. The van der Waals surface area contributed by atoms with E-state index in [1.807, 2.05) is 0 Å². The normalized spacial score (nSPS) is 14.6. The van der Waals surface area contributed by atoms with Crippen LogP contribution in [0.15, 0.2) is 0 Å². The second kappa shape index (κ2) is 16.0. The van der Waals surface area contributed by atoms with E-state index in [-0.39, 0.29) is 33.0 Å². The van der Waals surface area contributed by atoms with Crippen molar-refractivity contribution in [2.24, 2.45) is 5.41 Å². The summed E-state index contributed by atoms with van der Waals surface area (Å²) in [5.74, 6) is 0. The summed E-state index contributed by atoms with van der Waals surface area (Å²) in [6.45, 7) is -5.60. The molecule has 248 valence electrons. The van der Waals surface area contributed by atoms with Crippen molar-refractivity contribution < 1.29 is 94.3 Å². The van der Waals surface area contributed by atoms with Crippen LogP contribution in [0.2, 0.25) is 0 Å². The third kappa shape index (κ3) is 14.2. The molecule has 0 saturated heterocycles. The number of ether oxygens (including phenoxy) is 6. The van der Waals surface area contributed by atoms with E-state index in [4.69, 9.17) is 18.9 Å². The molecule has 0 spiro atoms. The van der Waals surface area contributed by atoms with Crippen LogP contribution in [-0.4, -0.2) is 110 Å². The first-order valence-electron chi connectivity index (χ1n) is 11.2.